The van der Waals surface area contributed by atoms with Crippen LogP contribution in [0.5, 0.6) is 0 Å². The summed E-state index contributed by atoms with van der Waals surface area (Å²) in [6.45, 7) is 12.4. The molecule has 0 bridgehead atoms. The number of aromatic nitrogens is 2. The Bertz CT molecular complexity index is 1000. The normalized spacial score (nSPS) is 20.7. The Hall–Kier alpha value is -2.14. The zero-order chi connectivity index (χ0) is 24.5. The van der Waals surface area contributed by atoms with Crippen LogP contribution in [0.15, 0.2) is 12.1 Å². The third-order valence-electron chi connectivity index (χ3n) is 8.33. The van der Waals surface area contributed by atoms with Gasteiger partial charge in [-0.3, -0.25) is 0 Å². The highest BCUT2D eigenvalue weighted by atomic mass is 15.2. The van der Waals surface area contributed by atoms with Gasteiger partial charge in [-0.1, -0.05) is 12.1 Å². The molecule has 1 aromatic carbocycles. The van der Waals surface area contributed by atoms with Crippen molar-refractivity contribution in [2.24, 2.45) is 5.92 Å². The second-order valence-corrected chi connectivity index (χ2v) is 11.4. The van der Waals surface area contributed by atoms with Crippen LogP contribution in [0.4, 0.5) is 11.8 Å². The molecule has 4 rings (SSSR count). The summed E-state index contributed by atoms with van der Waals surface area (Å²) in [5.74, 6) is 2.66. The first kappa shape index (κ1) is 25.0. The maximum Gasteiger partial charge on any atom is 0.225 e. The summed E-state index contributed by atoms with van der Waals surface area (Å²) >= 11 is 0. The van der Waals surface area contributed by atoms with E-state index in [0.717, 1.165) is 37.1 Å². The van der Waals surface area contributed by atoms with Gasteiger partial charge in [0.1, 0.15) is 5.82 Å². The minimum absolute atomic E-state index is 0.0167. The number of nitrogens with zero attached hydrogens (tertiary/aromatic N) is 3. The minimum atomic E-state index is -0.0167. The standard InChI is InChI=1S/C29H45N5/c1-19-12-17-25(21(3)20(19)2)29(4,5)30-18-22-13-15-23(16-14-22)31-28-32-26-11-9-8-10-24(26)27(33-28)34(6)7/h12,17,22-23,30H,8-11,13-16,18H2,1-7H3,(H,31,32,33). The van der Waals surface area contributed by atoms with Crippen molar-refractivity contribution in [3.63, 3.8) is 0 Å². The first-order valence-corrected chi connectivity index (χ1v) is 13.3. The van der Waals surface area contributed by atoms with Crippen LogP contribution in [0.25, 0.3) is 0 Å². The molecule has 1 saturated carbocycles. The fourth-order valence-corrected chi connectivity index (χ4v) is 5.83. The molecule has 2 N–H and O–H groups in total. The number of nitrogens with one attached hydrogen (secondary N) is 2. The molecule has 5 heteroatoms. The van der Waals surface area contributed by atoms with Gasteiger partial charge in [0.2, 0.25) is 5.95 Å². The molecule has 0 unspecified atom stereocenters. The number of fused-ring (bicyclic) bond motifs is 1. The van der Waals surface area contributed by atoms with E-state index in [2.05, 4.69) is 76.4 Å². The van der Waals surface area contributed by atoms with Crippen LogP contribution in [0, 0.1) is 26.7 Å². The van der Waals surface area contributed by atoms with Gasteiger partial charge in [0.25, 0.3) is 0 Å². The highest BCUT2D eigenvalue weighted by Gasteiger charge is 2.27. The van der Waals surface area contributed by atoms with Crippen molar-refractivity contribution in [1.82, 2.24) is 15.3 Å². The lowest BCUT2D eigenvalue weighted by Crippen LogP contribution is -2.41. The molecule has 0 saturated heterocycles. The van der Waals surface area contributed by atoms with E-state index in [0.29, 0.717) is 6.04 Å². The van der Waals surface area contributed by atoms with Gasteiger partial charge in [-0.2, -0.15) is 4.98 Å². The Morgan fingerprint density at radius 3 is 2.35 bits per heavy atom. The lowest BCUT2D eigenvalue weighted by atomic mass is 9.83. The van der Waals surface area contributed by atoms with Crippen molar-refractivity contribution >= 4 is 11.8 Å². The van der Waals surface area contributed by atoms with Crippen molar-refractivity contribution < 1.29 is 0 Å². The summed E-state index contributed by atoms with van der Waals surface area (Å²) < 4.78 is 0. The number of hydrogen-bond donors (Lipinski definition) is 2. The summed E-state index contributed by atoms with van der Waals surface area (Å²) in [5.41, 5.74) is 8.24. The van der Waals surface area contributed by atoms with Crippen molar-refractivity contribution in [2.45, 2.75) is 97.6 Å². The quantitative estimate of drug-likeness (QED) is 0.540. The molecular weight excluding hydrogens is 418 g/mol. The zero-order valence-electron chi connectivity index (χ0n) is 22.5. The average molecular weight is 464 g/mol. The van der Waals surface area contributed by atoms with Crippen LogP contribution >= 0.6 is 0 Å². The molecule has 0 atom stereocenters. The molecule has 5 nitrogen and oxygen atoms in total. The summed E-state index contributed by atoms with van der Waals surface area (Å²) in [6.07, 6.45) is 9.56. The maximum absolute atomic E-state index is 4.93. The van der Waals surface area contributed by atoms with E-state index in [1.807, 2.05) is 0 Å². The molecule has 1 fully saturated rings. The Morgan fingerprint density at radius 1 is 0.941 bits per heavy atom. The second-order valence-electron chi connectivity index (χ2n) is 11.4. The van der Waals surface area contributed by atoms with Crippen molar-refractivity contribution in [2.75, 3.05) is 30.9 Å². The topological polar surface area (TPSA) is 53.1 Å². The average Bonchev–Trinajstić information content (AvgIpc) is 2.81. The number of rotatable bonds is 7. The number of aryl methyl sites for hydroxylation is 2. The first-order valence-electron chi connectivity index (χ1n) is 13.3. The van der Waals surface area contributed by atoms with Gasteiger partial charge in [-0.15, -0.1) is 0 Å². The van der Waals surface area contributed by atoms with Crippen LogP contribution in [0.3, 0.4) is 0 Å². The molecule has 34 heavy (non-hydrogen) atoms. The van der Waals surface area contributed by atoms with Gasteiger partial charge >= 0.3 is 0 Å². The van der Waals surface area contributed by atoms with Crippen LogP contribution in [0.2, 0.25) is 0 Å². The molecule has 2 aliphatic rings. The highest BCUT2D eigenvalue weighted by Crippen LogP contribution is 2.32. The largest absolute Gasteiger partial charge is 0.362 e. The van der Waals surface area contributed by atoms with Gasteiger partial charge < -0.3 is 15.5 Å². The van der Waals surface area contributed by atoms with Gasteiger partial charge in [-0.25, -0.2) is 4.98 Å². The van der Waals surface area contributed by atoms with Gasteiger partial charge in [0, 0.05) is 31.2 Å². The molecule has 2 aromatic rings. The third kappa shape index (κ3) is 5.40. The van der Waals surface area contributed by atoms with Gasteiger partial charge in [0.05, 0.1) is 5.69 Å². The van der Waals surface area contributed by atoms with Crippen LogP contribution < -0.4 is 15.5 Å². The van der Waals surface area contributed by atoms with Crippen LogP contribution in [0.1, 0.15) is 85.9 Å². The summed E-state index contributed by atoms with van der Waals surface area (Å²) in [5, 5.41) is 7.60. The van der Waals surface area contributed by atoms with E-state index in [4.69, 9.17) is 9.97 Å². The van der Waals surface area contributed by atoms with E-state index in [-0.39, 0.29) is 5.54 Å². The van der Waals surface area contributed by atoms with E-state index in [1.54, 1.807) is 0 Å². The van der Waals surface area contributed by atoms with E-state index >= 15 is 0 Å². The lowest BCUT2D eigenvalue weighted by Gasteiger charge is -2.34. The summed E-state index contributed by atoms with van der Waals surface area (Å²) in [6, 6.07) is 5.05. The van der Waals surface area contributed by atoms with Crippen LogP contribution in [-0.2, 0) is 18.4 Å². The fraction of sp³-hybridized carbons (Fsp3) is 0.655. The fourth-order valence-electron chi connectivity index (χ4n) is 5.83. The smallest absolute Gasteiger partial charge is 0.225 e. The predicted octanol–water partition coefficient (Wildman–Crippen LogP) is 5.84. The molecule has 1 aromatic heterocycles. The molecule has 0 radical (unpaired) electrons. The zero-order valence-corrected chi connectivity index (χ0v) is 22.5. The molecule has 0 spiro atoms. The monoisotopic (exact) mass is 463 g/mol. The predicted molar refractivity (Wildman–Crippen MR) is 144 cm³/mol. The molecule has 1 heterocycles. The maximum atomic E-state index is 4.93. The highest BCUT2D eigenvalue weighted by molar-refractivity contribution is 5.53. The first-order chi connectivity index (χ1) is 16.2. The molecule has 186 valence electrons. The number of hydrogen-bond acceptors (Lipinski definition) is 5. The Balaban J connectivity index is 1.33. The van der Waals surface area contributed by atoms with Crippen molar-refractivity contribution in [1.29, 1.82) is 0 Å². The second kappa shape index (κ2) is 10.2. The summed E-state index contributed by atoms with van der Waals surface area (Å²) in [4.78, 5) is 12.0. The van der Waals surface area contributed by atoms with Gasteiger partial charge in [0.15, 0.2) is 0 Å². The van der Waals surface area contributed by atoms with E-state index in [9.17, 15) is 0 Å². The molecule has 0 amide bonds. The van der Waals surface area contributed by atoms with Crippen LogP contribution in [-0.4, -0.2) is 36.6 Å². The summed E-state index contributed by atoms with van der Waals surface area (Å²) in [7, 11) is 4.19. The SMILES string of the molecule is Cc1ccc(C(C)(C)NCC2CCC(Nc3nc4c(c(N(C)C)n3)CCCC4)CC2)c(C)c1C. The lowest BCUT2D eigenvalue weighted by molar-refractivity contribution is 0.285. The Morgan fingerprint density at radius 2 is 1.65 bits per heavy atom. The minimum Gasteiger partial charge on any atom is -0.362 e. The molecule has 0 aliphatic heterocycles. The molecular formula is C29H45N5. The molecule has 2 aliphatic carbocycles. The van der Waals surface area contributed by atoms with E-state index in [1.165, 1.54) is 72.0 Å². The third-order valence-corrected chi connectivity index (χ3v) is 8.33. The Kier molecular flexibility index (Phi) is 7.51. The van der Waals surface area contributed by atoms with E-state index < -0.39 is 0 Å². The van der Waals surface area contributed by atoms with Crippen molar-refractivity contribution in [3.8, 4) is 0 Å². The number of anilines is 2. The Labute approximate surface area is 207 Å². The van der Waals surface area contributed by atoms with Gasteiger partial charge in [-0.05, 0) is 121 Å². The number of benzene rings is 1. The van der Waals surface area contributed by atoms with Crippen molar-refractivity contribution in [3.05, 3.63) is 45.6 Å².